The zero-order valence-electron chi connectivity index (χ0n) is 22.5. The second-order valence-corrected chi connectivity index (χ2v) is 12.0. The van der Waals surface area contributed by atoms with E-state index in [1.165, 1.54) is 17.0 Å². The molecule has 1 heterocycles. The first-order valence-corrected chi connectivity index (χ1v) is 11.8. The van der Waals surface area contributed by atoms with Crippen LogP contribution >= 0.6 is 0 Å². The van der Waals surface area contributed by atoms with Crippen LogP contribution in [0.2, 0.25) is 0 Å². The summed E-state index contributed by atoms with van der Waals surface area (Å²) >= 11 is 0. The molecule has 1 aliphatic heterocycles. The fraction of sp³-hybridized carbons (Fsp3) is 0.720. The largest absolute Gasteiger partial charge is 0.494 e. The van der Waals surface area contributed by atoms with Crippen molar-refractivity contribution in [1.82, 2.24) is 4.90 Å². The van der Waals surface area contributed by atoms with Crippen LogP contribution in [0.1, 0.15) is 81.2 Å². The first-order chi connectivity index (χ1) is 15.6. The highest BCUT2D eigenvalue weighted by atomic mass is 19.4. The van der Waals surface area contributed by atoms with E-state index in [1.807, 2.05) is 41.5 Å². The molecule has 0 aliphatic carbocycles. The number of benzene rings is 1. The maximum atomic E-state index is 14.1. The Bertz CT molecular complexity index is 911. The van der Waals surface area contributed by atoms with Crippen molar-refractivity contribution in [1.29, 1.82) is 0 Å². The van der Waals surface area contributed by atoms with E-state index in [9.17, 15) is 23.1 Å². The summed E-state index contributed by atoms with van der Waals surface area (Å²) in [5, 5.41) is 9.94. The molecule has 1 aliphatic rings. The van der Waals surface area contributed by atoms with Crippen molar-refractivity contribution in [2.75, 3.05) is 6.61 Å². The van der Waals surface area contributed by atoms with E-state index >= 15 is 0 Å². The molecule has 2 rings (SSSR count). The average Bonchev–Trinajstić information content (AvgIpc) is 2.84. The second kappa shape index (κ2) is 9.50. The highest BCUT2D eigenvalue weighted by molar-refractivity contribution is 6.62. The Hall–Kier alpha value is -1.94. The minimum Gasteiger partial charge on any atom is -0.491 e. The summed E-state index contributed by atoms with van der Waals surface area (Å²) in [6.45, 7) is 17.9. The van der Waals surface area contributed by atoms with Gasteiger partial charge >= 0.3 is 19.4 Å². The van der Waals surface area contributed by atoms with Crippen molar-refractivity contribution in [3.05, 3.63) is 23.8 Å². The number of hydrogen-bond donors (Lipinski definition) is 1. The topological polar surface area (TPSA) is 68.2 Å². The zero-order valence-corrected chi connectivity index (χ0v) is 22.5. The van der Waals surface area contributed by atoms with Gasteiger partial charge in [-0.25, -0.2) is 4.79 Å². The molecular formula is C25H39BF3NO5. The van der Waals surface area contributed by atoms with Gasteiger partial charge in [0.1, 0.15) is 12.4 Å². The third-order valence-electron chi connectivity index (χ3n) is 6.62. The predicted molar refractivity (Wildman–Crippen MR) is 130 cm³/mol. The third-order valence-corrected chi connectivity index (χ3v) is 6.62. The number of hydrogen-bond acceptors (Lipinski definition) is 4. The smallest absolute Gasteiger partial charge is 0.491 e. The van der Waals surface area contributed by atoms with Gasteiger partial charge in [0.15, 0.2) is 0 Å². The van der Waals surface area contributed by atoms with Gasteiger partial charge in [-0.3, -0.25) is 4.90 Å². The molecule has 0 radical (unpaired) electrons. The van der Waals surface area contributed by atoms with E-state index < -0.39 is 47.2 Å². The molecule has 1 atom stereocenters. The molecule has 1 unspecified atom stereocenters. The summed E-state index contributed by atoms with van der Waals surface area (Å²) < 4.78 is 59.7. The molecule has 35 heavy (non-hydrogen) atoms. The maximum absolute atomic E-state index is 14.1. The molecule has 0 aromatic heterocycles. The Labute approximate surface area is 207 Å². The highest BCUT2D eigenvalue weighted by Crippen LogP contribution is 2.40. The van der Waals surface area contributed by atoms with E-state index in [-0.39, 0.29) is 23.7 Å². The number of nitrogens with zero attached hydrogens (tertiary/aromatic N) is 1. The molecule has 1 N–H and O–H groups in total. The van der Waals surface area contributed by atoms with Gasteiger partial charge in [-0.05, 0) is 85.3 Å². The van der Waals surface area contributed by atoms with E-state index in [0.29, 0.717) is 6.42 Å². The molecule has 1 saturated heterocycles. The normalized spacial score (nSPS) is 19.5. The van der Waals surface area contributed by atoms with E-state index in [1.54, 1.807) is 27.7 Å². The summed E-state index contributed by atoms with van der Waals surface area (Å²) in [5.74, 6) is -0.285. The summed E-state index contributed by atoms with van der Waals surface area (Å²) in [4.78, 5) is 13.4. The van der Waals surface area contributed by atoms with Crippen molar-refractivity contribution in [3.8, 4) is 5.75 Å². The molecule has 198 valence electrons. The second-order valence-electron chi connectivity index (χ2n) is 12.0. The Kier molecular flexibility index (Phi) is 7.95. The number of rotatable bonds is 7. The van der Waals surface area contributed by atoms with Gasteiger partial charge in [-0.2, -0.15) is 13.2 Å². The number of ether oxygens (including phenoxy) is 1. The molecule has 1 amide bonds. The lowest BCUT2D eigenvalue weighted by Crippen LogP contribution is -2.61. The summed E-state index contributed by atoms with van der Waals surface area (Å²) in [6.07, 6.45) is -5.44. The zero-order chi connectivity index (χ0) is 27.2. The van der Waals surface area contributed by atoms with Gasteiger partial charge in [0.25, 0.3) is 0 Å². The Morgan fingerprint density at radius 1 is 1.09 bits per heavy atom. The first kappa shape index (κ1) is 29.3. The summed E-state index contributed by atoms with van der Waals surface area (Å²) in [6, 6.07) is 3.72. The van der Waals surface area contributed by atoms with Gasteiger partial charge in [0, 0.05) is 5.54 Å². The van der Waals surface area contributed by atoms with Gasteiger partial charge in [-0.1, -0.05) is 19.9 Å². The molecule has 0 saturated carbocycles. The Morgan fingerprint density at radius 2 is 1.60 bits per heavy atom. The van der Waals surface area contributed by atoms with Crippen molar-refractivity contribution in [3.63, 3.8) is 0 Å². The number of alkyl halides is 3. The van der Waals surface area contributed by atoms with Gasteiger partial charge in [0.05, 0.1) is 22.3 Å². The van der Waals surface area contributed by atoms with Crippen LogP contribution < -0.4 is 10.2 Å². The van der Waals surface area contributed by atoms with E-state index in [0.717, 1.165) is 6.07 Å². The lowest BCUT2D eigenvalue weighted by Gasteiger charge is -2.47. The standard InChI is InChI=1S/C25H39BF3NO5/c1-16(2)14-24(10,30(20(31)32)21(3,4)5)15-33-19-12-11-17(13-18(19)25(27,28)29)26-34-22(6,7)23(8,9)35-26/h11-13,16H,14-15H2,1-10H3,(H,31,32). The quantitative estimate of drug-likeness (QED) is 0.467. The van der Waals surface area contributed by atoms with Gasteiger partial charge < -0.3 is 19.2 Å². The lowest BCUT2D eigenvalue weighted by molar-refractivity contribution is -0.139. The Balaban J connectivity index is 2.43. The number of carboxylic acid groups (broad SMARTS) is 1. The molecule has 0 bridgehead atoms. The summed E-state index contributed by atoms with van der Waals surface area (Å²) in [7, 11) is -0.954. The molecule has 1 fully saturated rings. The van der Waals surface area contributed by atoms with Crippen LogP contribution in [-0.4, -0.2) is 52.1 Å². The maximum Gasteiger partial charge on any atom is 0.494 e. The van der Waals surface area contributed by atoms with Crippen molar-refractivity contribution >= 4 is 18.7 Å². The SMILES string of the molecule is CC(C)CC(C)(COc1ccc(B2OC(C)(C)C(C)(C)O2)cc1C(F)(F)F)N(C(=O)O)C(C)(C)C. The van der Waals surface area contributed by atoms with Crippen LogP contribution in [0.25, 0.3) is 0 Å². The lowest BCUT2D eigenvalue weighted by atomic mass is 9.78. The van der Waals surface area contributed by atoms with Crippen LogP contribution in [0, 0.1) is 5.92 Å². The molecular weight excluding hydrogens is 462 g/mol. The predicted octanol–water partition coefficient (Wildman–Crippen LogP) is 5.97. The van der Waals surface area contributed by atoms with E-state index in [4.69, 9.17) is 14.0 Å². The number of halogens is 3. The minimum absolute atomic E-state index is 0.0839. The van der Waals surface area contributed by atoms with Crippen LogP contribution in [0.3, 0.4) is 0 Å². The van der Waals surface area contributed by atoms with E-state index in [2.05, 4.69) is 0 Å². The van der Waals surface area contributed by atoms with Crippen LogP contribution in [0.4, 0.5) is 18.0 Å². The monoisotopic (exact) mass is 501 g/mol. The summed E-state index contributed by atoms with van der Waals surface area (Å²) in [5.41, 5.74) is -3.98. The molecule has 10 heteroatoms. The third kappa shape index (κ3) is 6.44. The van der Waals surface area contributed by atoms with Crippen LogP contribution in [0.15, 0.2) is 18.2 Å². The molecule has 1 aromatic rings. The van der Waals surface area contributed by atoms with Crippen LogP contribution in [-0.2, 0) is 15.5 Å². The average molecular weight is 501 g/mol. The van der Waals surface area contributed by atoms with Crippen molar-refractivity contribution in [2.45, 2.75) is 104 Å². The fourth-order valence-corrected chi connectivity index (χ4v) is 4.68. The Morgan fingerprint density at radius 3 is 2.00 bits per heavy atom. The first-order valence-electron chi connectivity index (χ1n) is 11.8. The fourth-order valence-electron chi connectivity index (χ4n) is 4.68. The van der Waals surface area contributed by atoms with Crippen molar-refractivity contribution in [2.24, 2.45) is 5.92 Å². The van der Waals surface area contributed by atoms with Crippen LogP contribution in [0.5, 0.6) is 5.75 Å². The molecule has 6 nitrogen and oxygen atoms in total. The molecule has 1 aromatic carbocycles. The number of amides is 1. The van der Waals surface area contributed by atoms with Gasteiger partial charge in [-0.15, -0.1) is 0 Å². The highest BCUT2D eigenvalue weighted by Gasteiger charge is 2.52. The number of carbonyl (C=O) groups is 1. The van der Waals surface area contributed by atoms with Gasteiger partial charge in [0.2, 0.25) is 0 Å². The molecule has 0 spiro atoms. The minimum atomic E-state index is -4.69. The van der Waals surface area contributed by atoms with Crippen molar-refractivity contribution < 1.29 is 37.1 Å².